The third-order valence-electron chi connectivity index (χ3n) is 3.82. The molecule has 0 aromatic carbocycles. The second kappa shape index (κ2) is 6.69. The van der Waals surface area contributed by atoms with Gasteiger partial charge in [-0.25, -0.2) is 0 Å². The molecule has 17 heavy (non-hydrogen) atoms. The van der Waals surface area contributed by atoms with E-state index in [1.807, 2.05) is 0 Å². The smallest absolute Gasteiger partial charge is 0.0601 e. The van der Waals surface area contributed by atoms with Crippen LogP contribution in [0.25, 0.3) is 0 Å². The van der Waals surface area contributed by atoms with E-state index in [0.717, 1.165) is 19.5 Å². The molecule has 102 valence electrons. The van der Waals surface area contributed by atoms with Gasteiger partial charge in [-0.15, -0.1) is 0 Å². The minimum atomic E-state index is 0.0842. The van der Waals surface area contributed by atoms with Crippen LogP contribution in [0, 0.1) is 5.92 Å². The first-order chi connectivity index (χ1) is 7.95. The van der Waals surface area contributed by atoms with Crippen LogP contribution in [0.4, 0.5) is 0 Å². The maximum absolute atomic E-state index is 9.56. The Hall–Kier alpha value is -0.160. The number of aliphatic hydroxyl groups excluding tert-OH is 1. The minimum Gasteiger partial charge on any atom is -0.395 e. The van der Waals surface area contributed by atoms with Crippen molar-refractivity contribution in [3.63, 3.8) is 0 Å². The molecule has 1 heterocycles. The number of hydrogen-bond acceptors (Lipinski definition) is 4. The van der Waals surface area contributed by atoms with Crippen LogP contribution in [0.5, 0.6) is 0 Å². The predicted octanol–water partition coefficient (Wildman–Crippen LogP) is 0.357. The molecular formula is C13H29N3O. The zero-order valence-corrected chi connectivity index (χ0v) is 11.8. The largest absolute Gasteiger partial charge is 0.395 e. The Labute approximate surface area is 106 Å². The fraction of sp³-hybridized carbons (Fsp3) is 1.00. The van der Waals surface area contributed by atoms with E-state index in [4.69, 9.17) is 5.73 Å². The molecule has 4 heteroatoms. The van der Waals surface area contributed by atoms with E-state index in [1.54, 1.807) is 0 Å². The van der Waals surface area contributed by atoms with Gasteiger partial charge in [-0.2, -0.15) is 0 Å². The third kappa shape index (κ3) is 4.21. The van der Waals surface area contributed by atoms with Crippen LogP contribution >= 0.6 is 0 Å². The molecule has 1 aliphatic rings. The van der Waals surface area contributed by atoms with Gasteiger partial charge in [0.1, 0.15) is 0 Å². The summed E-state index contributed by atoms with van der Waals surface area (Å²) in [4.78, 5) is 4.63. The van der Waals surface area contributed by atoms with Crippen LogP contribution < -0.4 is 5.73 Å². The van der Waals surface area contributed by atoms with E-state index in [-0.39, 0.29) is 18.7 Å². The van der Waals surface area contributed by atoms with Gasteiger partial charge in [0.05, 0.1) is 6.61 Å². The average Bonchev–Trinajstić information content (AvgIpc) is 2.66. The van der Waals surface area contributed by atoms with Crippen molar-refractivity contribution in [3.8, 4) is 0 Å². The van der Waals surface area contributed by atoms with Gasteiger partial charge < -0.3 is 15.7 Å². The summed E-state index contributed by atoms with van der Waals surface area (Å²) in [5, 5.41) is 9.56. The van der Waals surface area contributed by atoms with E-state index in [2.05, 4.69) is 37.7 Å². The average molecular weight is 243 g/mol. The topological polar surface area (TPSA) is 52.7 Å². The van der Waals surface area contributed by atoms with Crippen LogP contribution in [0.3, 0.4) is 0 Å². The van der Waals surface area contributed by atoms with E-state index >= 15 is 0 Å². The van der Waals surface area contributed by atoms with Crippen molar-refractivity contribution in [1.82, 2.24) is 9.80 Å². The zero-order chi connectivity index (χ0) is 13.0. The highest BCUT2D eigenvalue weighted by Gasteiger charge is 2.32. The lowest BCUT2D eigenvalue weighted by molar-refractivity contribution is 0.112. The Balaban J connectivity index is 2.51. The molecule has 0 aliphatic carbocycles. The maximum atomic E-state index is 9.56. The lowest BCUT2D eigenvalue weighted by atomic mass is 9.98. The molecule has 3 unspecified atom stereocenters. The number of aliphatic hydroxyl groups is 1. The van der Waals surface area contributed by atoms with Gasteiger partial charge in [0.25, 0.3) is 0 Å². The Morgan fingerprint density at radius 1 is 1.41 bits per heavy atom. The summed E-state index contributed by atoms with van der Waals surface area (Å²) in [5.74, 6) is 0.589. The molecule has 0 aromatic heterocycles. The number of likely N-dealkylation sites (N-methyl/N-ethyl adjacent to an activating group) is 1. The molecule has 0 aromatic rings. The summed E-state index contributed by atoms with van der Waals surface area (Å²) in [6.07, 6.45) is 2.16. The first-order valence-corrected chi connectivity index (χ1v) is 6.72. The van der Waals surface area contributed by atoms with Crippen molar-refractivity contribution in [2.24, 2.45) is 11.7 Å². The van der Waals surface area contributed by atoms with Crippen molar-refractivity contribution in [2.45, 2.75) is 44.8 Å². The molecular weight excluding hydrogens is 214 g/mol. The maximum Gasteiger partial charge on any atom is 0.0601 e. The van der Waals surface area contributed by atoms with Crippen LogP contribution in [-0.2, 0) is 0 Å². The van der Waals surface area contributed by atoms with Gasteiger partial charge in [-0.3, -0.25) is 4.90 Å². The third-order valence-corrected chi connectivity index (χ3v) is 3.82. The molecule has 1 aliphatic heterocycles. The van der Waals surface area contributed by atoms with Gasteiger partial charge in [-0.1, -0.05) is 13.8 Å². The SMILES string of the molecule is CC(C)CC(N)C(CO)N1CCC(N(C)C)C1. The lowest BCUT2D eigenvalue weighted by Gasteiger charge is -2.32. The Kier molecular flexibility index (Phi) is 5.86. The van der Waals surface area contributed by atoms with Gasteiger partial charge in [-0.05, 0) is 32.9 Å². The quantitative estimate of drug-likeness (QED) is 0.707. The first kappa shape index (κ1) is 14.9. The number of rotatable bonds is 6. The predicted molar refractivity (Wildman–Crippen MR) is 72.0 cm³/mol. The molecule has 1 fully saturated rings. The molecule has 1 saturated heterocycles. The normalized spacial score (nSPS) is 25.8. The molecule has 1 rings (SSSR count). The van der Waals surface area contributed by atoms with Crippen molar-refractivity contribution in [2.75, 3.05) is 33.8 Å². The van der Waals surface area contributed by atoms with Crippen molar-refractivity contribution in [1.29, 1.82) is 0 Å². The Morgan fingerprint density at radius 3 is 2.47 bits per heavy atom. The van der Waals surface area contributed by atoms with E-state index in [1.165, 1.54) is 6.42 Å². The fourth-order valence-electron chi connectivity index (χ4n) is 2.71. The lowest BCUT2D eigenvalue weighted by Crippen LogP contribution is -2.50. The molecule has 0 amide bonds. The summed E-state index contributed by atoms with van der Waals surface area (Å²) in [6.45, 7) is 6.62. The van der Waals surface area contributed by atoms with Gasteiger partial charge in [0.2, 0.25) is 0 Å². The molecule has 3 N–H and O–H groups in total. The summed E-state index contributed by atoms with van der Waals surface area (Å²) >= 11 is 0. The van der Waals surface area contributed by atoms with Crippen LogP contribution in [0.2, 0.25) is 0 Å². The number of likely N-dealkylation sites (tertiary alicyclic amines) is 1. The standard InChI is InChI=1S/C13H29N3O/c1-10(2)7-12(14)13(9-17)16-6-5-11(8-16)15(3)4/h10-13,17H,5-9,14H2,1-4H3. The highest BCUT2D eigenvalue weighted by atomic mass is 16.3. The summed E-state index contributed by atoms with van der Waals surface area (Å²) in [7, 11) is 4.24. The van der Waals surface area contributed by atoms with Crippen LogP contribution in [0.15, 0.2) is 0 Å². The molecule has 0 saturated carbocycles. The molecule has 3 atom stereocenters. The fourth-order valence-corrected chi connectivity index (χ4v) is 2.71. The van der Waals surface area contributed by atoms with Crippen molar-refractivity contribution < 1.29 is 5.11 Å². The number of nitrogens with zero attached hydrogens (tertiary/aromatic N) is 2. The Morgan fingerprint density at radius 2 is 2.06 bits per heavy atom. The van der Waals surface area contributed by atoms with Crippen LogP contribution in [0.1, 0.15) is 26.7 Å². The highest BCUT2D eigenvalue weighted by molar-refractivity contribution is 4.90. The molecule has 4 nitrogen and oxygen atoms in total. The summed E-state index contributed by atoms with van der Waals surface area (Å²) in [6, 6.07) is 0.818. The van der Waals surface area contributed by atoms with E-state index in [0.29, 0.717) is 12.0 Å². The second-order valence-corrected chi connectivity index (χ2v) is 5.94. The highest BCUT2D eigenvalue weighted by Crippen LogP contribution is 2.19. The van der Waals surface area contributed by atoms with Gasteiger partial charge >= 0.3 is 0 Å². The summed E-state index contributed by atoms with van der Waals surface area (Å²) in [5.41, 5.74) is 6.22. The molecule has 0 bridgehead atoms. The minimum absolute atomic E-state index is 0.0842. The number of nitrogens with two attached hydrogens (primary N) is 1. The number of hydrogen-bond donors (Lipinski definition) is 2. The van der Waals surface area contributed by atoms with Crippen molar-refractivity contribution >= 4 is 0 Å². The first-order valence-electron chi connectivity index (χ1n) is 6.72. The van der Waals surface area contributed by atoms with E-state index in [9.17, 15) is 5.11 Å². The molecule has 0 spiro atoms. The van der Waals surface area contributed by atoms with Crippen molar-refractivity contribution in [3.05, 3.63) is 0 Å². The Bertz CT molecular complexity index is 221. The van der Waals surface area contributed by atoms with Crippen LogP contribution in [-0.4, -0.2) is 66.8 Å². The molecule has 0 radical (unpaired) electrons. The van der Waals surface area contributed by atoms with Gasteiger partial charge in [0, 0.05) is 31.2 Å². The zero-order valence-electron chi connectivity index (χ0n) is 11.8. The summed E-state index contributed by atoms with van der Waals surface area (Å²) < 4.78 is 0. The van der Waals surface area contributed by atoms with E-state index < -0.39 is 0 Å². The monoisotopic (exact) mass is 243 g/mol. The second-order valence-electron chi connectivity index (χ2n) is 5.94. The van der Waals surface area contributed by atoms with Gasteiger partial charge in [0.15, 0.2) is 0 Å².